The van der Waals surface area contributed by atoms with Crippen LogP contribution in [-0.4, -0.2) is 16.5 Å². The van der Waals surface area contributed by atoms with Crippen LogP contribution in [0.3, 0.4) is 0 Å². The molecule has 2 aromatic heterocycles. The summed E-state index contributed by atoms with van der Waals surface area (Å²) in [7, 11) is 1.70. The molecule has 0 bridgehead atoms. The van der Waals surface area contributed by atoms with Gasteiger partial charge in [-0.05, 0) is 38.5 Å². The minimum atomic E-state index is 0.726. The predicted molar refractivity (Wildman–Crippen MR) is 87.6 cm³/mol. The molecule has 0 atom stereocenters. The molecule has 2 heterocycles. The Morgan fingerprint density at radius 2 is 2.10 bits per heavy atom. The Balaban J connectivity index is 1.90. The van der Waals surface area contributed by atoms with Crippen LogP contribution in [0.25, 0.3) is 4.96 Å². The van der Waals surface area contributed by atoms with E-state index in [9.17, 15) is 0 Å². The Labute approximate surface area is 128 Å². The molecular weight excluding hydrogens is 282 g/mol. The fourth-order valence-electron chi connectivity index (χ4n) is 2.50. The highest BCUT2D eigenvalue weighted by Gasteiger charge is 2.12. The van der Waals surface area contributed by atoms with Crippen LogP contribution in [0.1, 0.15) is 22.6 Å². The van der Waals surface area contributed by atoms with Crippen molar-refractivity contribution in [1.82, 2.24) is 9.38 Å². The number of nitrogens with zero attached hydrogens (tertiary/aromatic N) is 2. The molecule has 0 unspecified atom stereocenters. The van der Waals surface area contributed by atoms with Gasteiger partial charge in [0.1, 0.15) is 5.75 Å². The van der Waals surface area contributed by atoms with E-state index in [1.807, 2.05) is 6.07 Å². The molecule has 0 saturated carbocycles. The van der Waals surface area contributed by atoms with Crippen molar-refractivity contribution in [2.24, 2.45) is 0 Å². The first-order chi connectivity index (χ1) is 10.1. The SMILES string of the molecule is COc1cc(C)ccc1NCc1c(C)nc2scc(C)n12. The smallest absolute Gasteiger partial charge is 0.194 e. The highest BCUT2D eigenvalue weighted by atomic mass is 32.1. The van der Waals surface area contributed by atoms with Gasteiger partial charge in [0.15, 0.2) is 4.96 Å². The molecule has 0 radical (unpaired) electrons. The number of rotatable bonds is 4. The van der Waals surface area contributed by atoms with Gasteiger partial charge >= 0.3 is 0 Å². The van der Waals surface area contributed by atoms with E-state index in [4.69, 9.17) is 4.74 Å². The van der Waals surface area contributed by atoms with Crippen LogP contribution in [0.15, 0.2) is 23.6 Å². The average molecular weight is 301 g/mol. The van der Waals surface area contributed by atoms with E-state index in [1.54, 1.807) is 18.4 Å². The zero-order chi connectivity index (χ0) is 15.0. The summed E-state index contributed by atoms with van der Waals surface area (Å²) in [5.41, 5.74) is 5.69. The van der Waals surface area contributed by atoms with Crippen molar-refractivity contribution < 1.29 is 4.74 Å². The van der Waals surface area contributed by atoms with Crippen molar-refractivity contribution >= 4 is 22.0 Å². The third-order valence-electron chi connectivity index (χ3n) is 3.63. The Kier molecular flexibility index (Phi) is 3.59. The number of nitrogens with one attached hydrogen (secondary N) is 1. The lowest BCUT2D eigenvalue weighted by Crippen LogP contribution is -2.06. The number of fused-ring (bicyclic) bond motifs is 1. The third-order valence-corrected chi connectivity index (χ3v) is 4.58. The normalized spacial score (nSPS) is 11.0. The molecule has 0 spiro atoms. The molecule has 0 saturated heterocycles. The summed E-state index contributed by atoms with van der Waals surface area (Å²) in [5.74, 6) is 0.871. The Bertz CT molecular complexity index is 788. The molecule has 3 aromatic rings. The Hall–Kier alpha value is -2.01. The summed E-state index contributed by atoms with van der Waals surface area (Å²) >= 11 is 1.68. The molecule has 0 aliphatic rings. The monoisotopic (exact) mass is 301 g/mol. The van der Waals surface area contributed by atoms with Crippen molar-refractivity contribution in [1.29, 1.82) is 0 Å². The van der Waals surface area contributed by atoms with E-state index in [-0.39, 0.29) is 0 Å². The first-order valence-corrected chi connectivity index (χ1v) is 7.78. The largest absolute Gasteiger partial charge is 0.495 e. The zero-order valence-electron chi connectivity index (χ0n) is 12.7. The summed E-state index contributed by atoms with van der Waals surface area (Å²) in [6.45, 7) is 6.96. The Morgan fingerprint density at radius 3 is 2.86 bits per heavy atom. The molecule has 0 fully saturated rings. The molecule has 3 rings (SSSR count). The van der Waals surface area contributed by atoms with Gasteiger partial charge in [0.2, 0.25) is 0 Å². The topological polar surface area (TPSA) is 38.6 Å². The lowest BCUT2D eigenvalue weighted by molar-refractivity contribution is 0.416. The number of hydrogen-bond acceptors (Lipinski definition) is 4. The van der Waals surface area contributed by atoms with Crippen molar-refractivity contribution in [3.63, 3.8) is 0 Å². The van der Waals surface area contributed by atoms with Crippen LogP contribution in [0.5, 0.6) is 5.75 Å². The molecule has 110 valence electrons. The predicted octanol–water partition coefficient (Wildman–Crippen LogP) is 3.94. The molecule has 0 amide bonds. The number of thiazole rings is 1. The van der Waals surface area contributed by atoms with Crippen molar-refractivity contribution in [2.45, 2.75) is 27.3 Å². The second-order valence-corrected chi connectivity index (χ2v) is 6.03. The van der Waals surface area contributed by atoms with Crippen LogP contribution in [0.2, 0.25) is 0 Å². The molecule has 0 aliphatic carbocycles. The summed E-state index contributed by atoms with van der Waals surface area (Å²) in [6.07, 6.45) is 0. The van der Waals surface area contributed by atoms with Crippen LogP contribution in [-0.2, 0) is 6.54 Å². The van der Waals surface area contributed by atoms with E-state index >= 15 is 0 Å². The lowest BCUT2D eigenvalue weighted by atomic mass is 10.2. The van der Waals surface area contributed by atoms with Crippen LogP contribution < -0.4 is 10.1 Å². The number of aryl methyl sites for hydroxylation is 3. The molecular formula is C16H19N3OS. The highest BCUT2D eigenvalue weighted by Crippen LogP contribution is 2.27. The second kappa shape index (κ2) is 5.41. The molecule has 4 nitrogen and oxygen atoms in total. The summed E-state index contributed by atoms with van der Waals surface area (Å²) < 4.78 is 7.66. The maximum absolute atomic E-state index is 5.44. The van der Waals surface area contributed by atoms with Crippen molar-refractivity contribution in [2.75, 3.05) is 12.4 Å². The van der Waals surface area contributed by atoms with E-state index in [1.165, 1.54) is 17.0 Å². The van der Waals surface area contributed by atoms with Gasteiger partial charge in [-0.15, -0.1) is 11.3 Å². The van der Waals surface area contributed by atoms with Crippen molar-refractivity contribution in [3.05, 3.63) is 46.2 Å². The van der Waals surface area contributed by atoms with Gasteiger partial charge in [0, 0.05) is 11.1 Å². The summed E-state index contributed by atoms with van der Waals surface area (Å²) in [6, 6.07) is 6.18. The van der Waals surface area contributed by atoms with Gasteiger partial charge in [0.05, 0.1) is 30.7 Å². The van der Waals surface area contributed by atoms with Crippen LogP contribution in [0, 0.1) is 20.8 Å². The van der Waals surface area contributed by atoms with E-state index < -0.39 is 0 Å². The first kappa shape index (κ1) is 13.9. The number of methoxy groups -OCH3 is 1. The lowest BCUT2D eigenvalue weighted by Gasteiger charge is -2.12. The van der Waals surface area contributed by atoms with E-state index in [0.29, 0.717) is 0 Å². The van der Waals surface area contributed by atoms with Gasteiger partial charge in [-0.2, -0.15) is 0 Å². The van der Waals surface area contributed by atoms with Gasteiger partial charge in [0.25, 0.3) is 0 Å². The number of aromatic nitrogens is 2. The Morgan fingerprint density at radius 1 is 1.29 bits per heavy atom. The van der Waals surface area contributed by atoms with Crippen molar-refractivity contribution in [3.8, 4) is 5.75 Å². The second-order valence-electron chi connectivity index (χ2n) is 5.20. The molecule has 1 aromatic carbocycles. The van der Waals surface area contributed by atoms with Crippen LogP contribution in [0.4, 0.5) is 5.69 Å². The minimum absolute atomic E-state index is 0.726. The van der Waals surface area contributed by atoms with E-state index in [2.05, 4.69) is 53.0 Å². The fourth-order valence-corrected chi connectivity index (χ4v) is 3.43. The first-order valence-electron chi connectivity index (χ1n) is 6.90. The fraction of sp³-hybridized carbons (Fsp3) is 0.312. The zero-order valence-corrected chi connectivity index (χ0v) is 13.5. The highest BCUT2D eigenvalue weighted by molar-refractivity contribution is 7.15. The van der Waals surface area contributed by atoms with Gasteiger partial charge in [-0.3, -0.25) is 4.40 Å². The minimum Gasteiger partial charge on any atom is -0.495 e. The molecule has 21 heavy (non-hydrogen) atoms. The third kappa shape index (κ3) is 2.49. The van der Waals surface area contributed by atoms with Gasteiger partial charge in [-0.1, -0.05) is 6.07 Å². The number of benzene rings is 1. The summed E-state index contributed by atoms with van der Waals surface area (Å²) in [4.78, 5) is 5.67. The number of ether oxygens (including phenoxy) is 1. The van der Waals surface area contributed by atoms with E-state index in [0.717, 1.165) is 28.6 Å². The average Bonchev–Trinajstić information content (AvgIpc) is 2.97. The maximum Gasteiger partial charge on any atom is 0.194 e. The molecule has 1 N–H and O–H groups in total. The standard InChI is InChI=1S/C16H19N3OS/c1-10-5-6-13(15(7-10)20-4)17-8-14-12(3)18-16-19(14)11(2)9-21-16/h5-7,9,17H,8H2,1-4H3. The number of anilines is 1. The summed E-state index contributed by atoms with van der Waals surface area (Å²) in [5, 5.41) is 5.60. The molecule has 0 aliphatic heterocycles. The van der Waals surface area contributed by atoms with Gasteiger partial charge in [-0.25, -0.2) is 4.98 Å². The molecule has 5 heteroatoms. The number of imidazole rings is 1. The van der Waals surface area contributed by atoms with Crippen LogP contribution >= 0.6 is 11.3 Å². The van der Waals surface area contributed by atoms with Gasteiger partial charge < -0.3 is 10.1 Å². The quantitative estimate of drug-likeness (QED) is 0.793. The maximum atomic E-state index is 5.44. The number of hydrogen-bond donors (Lipinski definition) is 1.